The molecular weight excluding hydrogens is 342 g/mol. The number of rotatable bonds is 2. The maximum Gasteiger partial charge on any atom is 0.424 e. The first-order valence-electron chi connectivity index (χ1n) is 8.41. The monoisotopic (exact) mass is 359 g/mol. The number of nitrogens with one attached hydrogen (secondary N) is 1. The molecular formula is C21H17N3O3. The van der Waals surface area contributed by atoms with Gasteiger partial charge in [0.1, 0.15) is 11.0 Å². The van der Waals surface area contributed by atoms with Crippen LogP contribution in [0.15, 0.2) is 77.2 Å². The lowest BCUT2D eigenvalue weighted by Gasteiger charge is -2.26. The van der Waals surface area contributed by atoms with E-state index in [-0.39, 0.29) is 16.5 Å². The molecule has 1 amide bonds. The van der Waals surface area contributed by atoms with E-state index in [4.69, 9.17) is 4.74 Å². The van der Waals surface area contributed by atoms with Gasteiger partial charge in [0.2, 0.25) is 0 Å². The number of hydrogen-bond acceptors (Lipinski definition) is 3. The van der Waals surface area contributed by atoms with Gasteiger partial charge in [-0.05, 0) is 31.2 Å². The van der Waals surface area contributed by atoms with Gasteiger partial charge in [-0.1, -0.05) is 43.0 Å². The van der Waals surface area contributed by atoms with Crippen molar-refractivity contribution >= 4 is 24.1 Å². The Balaban J connectivity index is 1.88. The van der Waals surface area contributed by atoms with Crippen LogP contribution in [-0.4, -0.2) is 15.9 Å². The molecule has 1 aliphatic rings. The van der Waals surface area contributed by atoms with Gasteiger partial charge in [-0.3, -0.25) is 14.8 Å². The first-order valence-corrected chi connectivity index (χ1v) is 8.41. The highest BCUT2D eigenvalue weighted by molar-refractivity contribution is 5.96. The Bertz CT molecular complexity index is 1210. The molecule has 27 heavy (non-hydrogen) atoms. The zero-order chi connectivity index (χ0) is 19.0. The Labute approximate surface area is 154 Å². The molecule has 6 heteroatoms. The Morgan fingerprint density at radius 3 is 2.11 bits per heavy atom. The molecule has 2 heterocycles. The predicted molar refractivity (Wildman–Crippen MR) is 104 cm³/mol. The second kappa shape index (κ2) is 6.49. The highest BCUT2D eigenvalue weighted by Crippen LogP contribution is 2.25. The first-order chi connectivity index (χ1) is 13.1. The molecule has 4 rings (SSSR count). The van der Waals surface area contributed by atoms with Crippen LogP contribution in [0, 0.1) is 0 Å². The summed E-state index contributed by atoms with van der Waals surface area (Å²) in [5.74, 6) is 0.186. The van der Waals surface area contributed by atoms with E-state index in [1.807, 2.05) is 48.5 Å². The number of carbonyl (C=O) groups is 1. The van der Waals surface area contributed by atoms with Crippen LogP contribution >= 0.6 is 0 Å². The summed E-state index contributed by atoms with van der Waals surface area (Å²) in [4.78, 5) is 26.9. The number of amides is 1. The van der Waals surface area contributed by atoms with Crippen molar-refractivity contribution in [3.63, 3.8) is 0 Å². The van der Waals surface area contributed by atoms with Crippen molar-refractivity contribution in [2.75, 3.05) is 4.90 Å². The van der Waals surface area contributed by atoms with Gasteiger partial charge in [0.25, 0.3) is 5.56 Å². The minimum Gasteiger partial charge on any atom is -0.409 e. The number of para-hydroxylation sites is 2. The zero-order valence-electron chi connectivity index (χ0n) is 14.7. The number of benzene rings is 2. The molecule has 6 nitrogen and oxygen atoms in total. The SMILES string of the molecule is C=c1[nH]n(-c2ccccc2)c(=O)/c1=C1\C=C(C)N(c2ccccc2)C(=O)O1. The summed E-state index contributed by atoms with van der Waals surface area (Å²) in [6.07, 6.45) is 1.10. The molecule has 0 bridgehead atoms. The lowest BCUT2D eigenvalue weighted by molar-refractivity contribution is 0.199. The number of anilines is 1. The fourth-order valence-electron chi connectivity index (χ4n) is 3.07. The van der Waals surface area contributed by atoms with E-state index in [0.717, 1.165) is 0 Å². The van der Waals surface area contributed by atoms with Crippen LogP contribution in [0.4, 0.5) is 10.5 Å². The topological polar surface area (TPSA) is 67.3 Å². The number of H-pyrrole nitrogens is 1. The van der Waals surface area contributed by atoms with E-state index >= 15 is 0 Å². The average Bonchev–Trinajstić information content (AvgIpc) is 2.97. The van der Waals surface area contributed by atoms with E-state index in [9.17, 15) is 9.59 Å². The van der Waals surface area contributed by atoms with Crippen LogP contribution in [0.25, 0.3) is 18.0 Å². The smallest absolute Gasteiger partial charge is 0.409 e. The molecule has 1 N–H and O–H groups in total. The molecule has 0 saturated carbocycles. The maximum absolute atomic E-state index is 12.9. The van der Waals surface area contributed by atoms with Gasteiger partial charge in [-0.2, -0.15) is 0 Å². The van der Waals surface area contributed by atoms with Crippen LogP contribution in [0.5, 0.6) is 0 Å². The highest BCUT2D eigenvalue weighted by atomic mass is 16.6. The van der Waals surface area contributed by atoms with Crippen LogP contribution in [-0.2, 0) is 4.74 Å². The van der Waals surface area contributed by atoms with Gasteiger partial charge in [-0.15, -0.1) is 0 Å². The Hall–Kier alpha value is -3.80. The van der Waals surface area contributed by atoms with Crippen molar-refractivity contribution in [3.05, 3.63) is 93.4 Å². The van der Waals surface area contributed by atoms with Gasteiger partial charge in [0.15, 0.2) is 0 Å². The van der Waals surface area contributed by atoms with Gasteiger partial charge < -0.3 is 4.74 Å². The van der Waals surface area contributed by atoms with Crippen molar-refractivity contribution in [1.82, 2.24) is 9.78 Å². The van der Waals surface area contributed by atoms with Crippen molar-refractivity contribution in [1.29, 1.82) is 0 Å². The number of cyclic esters (lactones) is 1. The molecule has 0 radical (unpaired) electrons. The number of ether oxygens (including phenoxy) is 1. The van der Waals surface area contributed by atoms with Crippen molar-refractivity contribution in [2.45, 2.75) is 6.92 Å². The van der Waals surface area contributed by atoms with Crippen molar-refractivity contribution < 1.29 is 9.53 Å². The summed E-state index contributed by atoms with van der Waals surface area (Å²) < 4.78 is 6.85. The second-order valence-electron chi connectivity index (χ2n) is 6.13. The van der Waals surface area contributed by atoms with Gasteiger partial charge >= 0.3 is 6.09 Å². The molecule has 0 atom stereocenters. The number of aromatic nitrogens is 2. The predicted octanol–water partition coefficient (Wildman–Crippen LogP) is 2.24. The third-order valence-electron chi connectivity index (χ3n) is 4.31. The molecule has 1 aromatic heterocycles. The summed E-state index contributed by atoms with van der Waals surface area (Å²) in [5, 5.41) is 3.55. The molecule has 134 valence electrons. The molecule has 0 aliphatic carbocycles. The third-order valence-corrected chi connectivity index (χ3v) is 4.31. The largest absolute Gasteiger partial charge is 0.424 e. The van der Waals surface area contributed by atoms with E-state index in [1.54, 1.807) is 25.1 Å². The summed E-state index contributed by atoms with van der Waals surface area (Å²) in [5.41, 5.74) is 1.69. The Kier molecular flexibility index (Phi) is 4.01. The number of allylic oxidation sites excluding steroid dienone is 1. The number of nitrogens with zero attached hydrogens (tertiary/aromatic N) is 2. The van der Waals surface area contributed by atoms with Crippen LogP contribution in [0.3, 0.4) is 0 Å². The zero-order valence-corrected chi connectivity index (χ0v) is 14.7. The van der Waals surface area contributed by atoms with E-state index in [0.29, 0.717) is 22.4 Å². The van der Waals surface area contributed by atoms with Crippen molar-refractivity contribution in [3.8, 4) is 5.69 Å². The van der Waals surface area contributed by atoms with Gasteiger partial charge in [0.05, 0.1) is 16.7 Å². The Morgan fingerprint density at radius 2 is 1.52 bits per heavy atom. The highest BCUT2D eigenvalue weighted by Gasteiger charge is 2.26. The minimum absolute atomic E-state index is 0.186. The summed E-state index contributed by atoms with van der Waals surface area (Å²) in [7, 11) is 0. The van der Waals surface area contributed by atoms with Crippen LogP contribution in [0.2, 0.25) is 0 Å². The standard InChI is InChI=1S/C21H17N3O3/c1-14-13-18(27-21(26)23(14)16-9-5-3-6-10-16)19-15(2)22-24(20(19)25)17-11-7-4-8-12-17/h3-13,22H,2H2,1H3/b19-18+. The normalized spacial score (nSPS) is 16.1. The molecule has 0 fully saturated rings. The summed E-state index contributed by atoms with van der Waals surface area (Å²) >= 11 is 0. The number of carbonyl (C=O) groups excluding carboxylic acids is 1. The molecule has 3 aromatic rings. The second-order valence-corrected chi connectivity index (χ2v) is 6.13. The maximum atomic E-state index is 12.9. The van der Waals surface area contributed by atoms with Gasteiger partial charge in [-0.25, -0.2) is 9.48 Å². The molecule has 0 spiro atoms. The minimum atomic E-state index is -0.567. The molecule has 1 aliphatic heterocycles. The lowest BCUT2D eigenvalue weighted by atomic mass is 10.2. The number of aromatic amines is 1. The third kappa shape index (κ3) is 2.87. The van der Waals surface area contributed by atoms with Crippen molar-refractivity contribution in [2.24, 2.45) is 0 Å². The fraction of sp³-hybridized carbons (Fsp3) is 0.0476. The molecule has 2 aromatic carbocycles. The number of hydrogen-bond donors (Lipinski definition) is 1. The van der Waals surface area contributed by atoms with Crippen LogP contribution in [0.1, 0.15) is 6.92 Å². The lowest BCUT2D eigenvalue weighted by Crippen LogP contribution is -2.41. The summed E-state index contributed by atoms with van der Waals surface area (Å²) in [6.45, 7) is 5.69. The van der Waals surface area contributed by atoms with Gasteiger partial charge in [0, 0.05) is 11.8 Å². The average molecular weight is 359 g/mol. The fourth-order valence-corrected chi connectivity index (χ4v) is 3.07. The van der Waals surface area contributed by atoms with E-state index < -0.39 is 6.09 Å². The quantitative estimate of drug-likeness (QED) is 0.763. The Morgan fingerprint density at radius 1 is 0.926 bits per heavy atom. The van der Waals surface area contributed by atoms with E-state index in [2.05, 4.69) is 11.7 Å². The van der Waals surface area contributed by atoms with Crippen LogP contribution < -0.4 is 21.0 Å². The van der Waals surface area contributed by atoms with E-state index in [1.165, 1.54) is 9.58 Å². The molecule has 0 saturated heterocycles. The first kappa shape index (κ1) is 16.7. The molecule has 0 unspecified atom stereocenters. The summed E-state index contributed by atoms with van der Waals surface area (Å²) in [6, 6.07) is 18.3.